The van der Waals surface area contributed by atoms with Crippen LogP contribution >= 0.6 is 0 Å². The first-order valence-corrected chi connectivity index (χ1v) is 7.34. The molecular formula is C14H28N2O2. The van der Waals surface area contributed by atoms with E-state index < -0.39 is 0 Å². The molecule has 18 heavy (non-hydrogen) atoms. The Balaban J connectivity index is 2.07. The summed E-state index contributed by atoms with van der Waals surface area (Å²) in [6.45, 7) is 7.64. The quantitative estimate of drug-likeness (QED) is 0.650. The molecule has 4 nitrogen and oxygen atoms in total. The Hall–Kier alpha value is -0.610. The molecule has 1 rings (SSSR count). The molecule has 1 aliphatic rings. The van der Waals surface area contributed by atoms with Crippen molar-refractivity contribution >= 4 is 5.91 Å². The molecule has 2 N–H and O–H groups in total. The number of nitrogens with one attached hydrogen (secondary N) is 2. The number of carbonyl (C=O) groups is 1. The van der Waals surface area contributed by atoms with E-state index in [1.807, 2.05) is 6.92 Å². The monoisotopic (exact) mass is 256 g/mol. The molecule has 1 heterocycles. The number of hydrogen-bond acceptors (Lipinski definition) is 3. The van der Waals surface area contributed by atoms with Crippen LogP contribution in [0.3, 0.4) is 0 Å². The van der Waals surface area contributed by atoms with Crippen LogP contribution in [-0.4, -0.2) is 38.3 Å². The van der Waals surface area contributed by atoms with E-state index in [0.29, 0.717) is 12.5 Å². The molecule has 0 aromatic heterocycles. The fourth-order valence-corrected chi connectivity index (χ4v) is 2.13. The summed E-state index contributed by atoms with van der Waals surface area (Å²) in [4.78, 5) is 11.7. The van der Waals surface area contributed by atoms with E-state index in [-0.39, 0.29) is 12.0 Å². The number of unbranched alkanes of at least 4 members (excludes halogenated alkanes) is 2. The maximum Gasteiger partial charge on any atom is 0.248 e. The average molecular weight is 256 g/mol. The summed E-state index contributed by atoms with van der Waals surface area (Å²) in [7, 11) is 0. The van der Waals surface area contributed by atoms with Gasteiger partial charge in [-0.15, -0.1) is 0 Å². The van der Waals surface area contributed by atoms with Crippen molar-refractivity contribution in [2.75, 3.05) is 26.2 Å². The lowest BCUT2D eigenvalue weighted by atomic mass is 9.99. The molecular weight excluding hydrogens is 228 g/mol. The lowest BCUT2D eigenvalue weighted by Gasteiger charge is -2.23. The Morgan fingerprint density at radius 2 is 2.11 bits per heavy atom. The van der Waals surface area contributed by atoms with Crippen LogP contribution in [0.2, 0.25) is 0 Å². The third-order valence-corrected chi connectivity index (χ3v) is 3.49. The van der Waals surface area contributed by atoms with Gasteiger partial charge in [-0.3, -0.25) is 4.79 Å². The fraction of sp³-hybridized carbons (Fsp3) is 0.929. The Morgan fingerprint density at radius 1 is 1.39 bits per heavy atom. The molecule has 1 fully saturated rings. The zero-order chi connectivity index (χ0) is 13.2. The van der Waals surface area contributed by atoms with Crippen molar-refractivity contribution in [1.29, 1.82) is 0 Å². The molecule has 0 radical (unpaired) electrons. The van der Waals surface area contributed by atoms with Crippen molar-refractivity contribution in [3.8, 4) is 0 Å². The van der Waals surface area contributed by atoms with Crippen LogP contribution in [0.4, 0.5) is 0 Å². The molecule has 0 aromatic rings. The molecule has 0 bridgehead atoms. The summed E-state index contributed by atoms with van der Waals surface area (Å²) in [5.41, 5.74) is 0. The average Bonchev–Trinajstić information content (AvgIpc) is 2.42. The molecule has 0 aliphatic carbocycles. The van der Waals surface area contributed by atoms with Crippen molar-refractivity contribution in [3.63, 3.8) is 0 Å². The van der Waals surface area contributed by atoms with Gasteiger partial charge in [0.05, 0.1) is 6.61 Å². The van der Waals surface area contributed by atoms with E-state index in [1.165, 1.54) is 12.8 Å². The molecule has 1 amide bonds. The number of carbonyl (C=O) groups excluding carboxylic acids is 1. The molecule has 0 saturated carbocycles. The maximum atomic E-state index is 11.7. The van der Waals surface area contributed by atoms with Crippen molar-refractivity contribution in [3.05, 3.63) is 0 Å². The first kappa shape index (κ1) is 15.4. The number of hydrogen-bond donors (Lipinski definition) is 2. The smallest absolute Gasteiger partial charge is 0.248 e. The van der Waals surface area contributed by atoms with E-state index in [2.05, 4.69) is 17.6 Å². The predicted octanol–water partition coefficient (Wildman–Crippen LogP) is 1.70. The number of piperidine rings is 1. The van der Waals surface area contributed by atoms with Crippen LogP contribution in [0, 0.1) is 5.92 Å². The summed E-state index contributed by atoms with van der Waals surface area (Å²) in [6.07, 6.45) is 5.41. The van der Waals surface area contributed by atoms with Crippen molar-refractivity contribution in [2.24, 2.45) is 5.92 Å². The zero-order valence-corrected chi connectivity index (χ0v) is 11.8. The standard InChI is InChI=1S/C14H28N2O2/c1-3-4-5-8-16-14(17)12(2)18-11-13-6-9-15-10-7-13/h12-13,15H,3-11H2,1-2H3,(H,16,17). The molecule has 106 valence electrons. The van der Waals surface area contributed by atoms with Gasteiger partial charge in [0.25, 0.3) is 0 Å². The van der Waals surface area contributed by atoms with Gasteiger partial charge >= 0.3 is 0 Å². The van der Waals surface area contributed by atoms with Gasteiger partial charge in [0, 0.05) is 6.54 Å². The second-order valence-corrected chi connectivity index (χ2v) is 5.17. The van der Waals surface area contributed by atoms with Crippen LogP contribution in [0.15, 0.2) is 0 Å². The Labute approximate surface area is 111 Å². The van der Waals surface area contributed by atoms with Gasteiger partial charge < -0.3 is 15.4 Å². The third kappa shape index (κ3) is 6.36. The fourth-order valence-electron chi connectivity index (χ4n) is 2.13. The Morgan fingerprint density at radius 3 is 2.78 bits per heavy atom. The van der Waals surface area contributed by atoms with Crippen molar-refractivity contribution < 1.29 is 9.53 Å². The normalized spacial score (nSPS) is 18.6. The highest BCUT2D eigenvalue weighted by atomic mass is 16.5. The molecule has 1 unspecified atom stereocenters. The van der Waals surface area contributed by atoms with Crippen LogP contribution in [0.1, 0.15) is 46.0 Å². The van der Waals surface area contributed by atoms with Gasteiger partial charge in [-0.05, 0) is 45.2 Å². The summed E-state index contributed by atoms with van der Waals surface area (Å²) < 4.78 is 5.66. The molecule has 1 saturated heterocycles. The second kappa shape index (κ2) is 9.34. The van der Waals surface area contributed by atoms with Gasteiger partial charge in [0.15, 0.2) is 0 Å². The highest BCUT2D eigenvalue weighted by Crippen LogP contribution is 2.12. The van der Waals surface area contributed by atoms with E-state index in [9.17, 15) is 4.79 Å². The van der Waals surface area contributed by atoms with Gasteiger partial charge in [0.2, 0.25) is 5.91 Å². The highest BCUT2D eigenvalue weighted by Gasteiger charge is 2.17. The van der Waals surface area contributed by atoms with Crippen LogP contribution in [0.25, 0.3) is 0 Å². The van der Waals surface area contributed by atoms with Crippen LogP contribution in [-0.2, 0) is 9.53 Å². The second-order valence-electron chi connectivity index (χ2n) is 5.17. The summed E-state index contributed by atoms with van der Waals surface area (Å²) in [5.74, 6) is 0.640. The summed E-state index contributed by atoms with van der Waals surface area (Å²) in [5, 5.41) is 6.26. The van der Waals surface area contributed by atoms with E-state index >= 15 is 0 Å². The predicted molar refractivity (Wildman–Crippen MR) is 73.5 cm³/mol. The van der Waals surface area contributed by atoms with Crippen LogP contribution < -0.4 is 10.6 Å². The summed E-state index contributed by atoms with van der Waals surface area (Å²) in [6, 6.07) is 0. The first-order chi connectivity index (χ1) is 8.74. The minimum Gasteiger partial charge on any atom is -0.368 e. The number of amides is 1. The lowest BCUT2D eigenvalue weighted by Crippen LogP contribution is -2.37. The first-order valence-electron chi connectivity index (χ1n) is 7.34. The minimum atomic E-state index is -0.318. The molecule has 1 atom stereocenters. The molecule has 1 aliphatic heterocycles. The number of ether oxygens (including phenoxy) is 1. The SMILES string of the molecule is CCCCCNC(=O)C(C)OCC1CCNCC1. The molecule has 4 heteroatoms. The Bertz CT molecular complexity index is 228. The van der Waals surface area contributed by atoms with Gasteiger partial charge in [-0.2, -0.15) is 0 Å². The minimum absolute atomic E-state index is 0.0278. The number of rotatable bonds is 8. The van der Waals surface area contributed by atoms with Crippen LogP contribution in [0.5, 0.6) is 0 Å². The Kier molecular flexibility index (Phi) is 8.01. The lowest BCUT2D eigenvalue weighted by molar-refractivity contribution is -0.132. The van der Waals surface area contributed by atoms with E-state index in [0.717, 1.165) is 38.9 Å². The van der Waals surface area contributed by atoms with Crippen molar-refractivity contribution in [1.82, 2.24) is 10.6 Å². The largest absolute Gasteiger partial charge is 0.368 e. The highest BCUT2D eigenvalue weighted by molar-refractivity contribution is 5.80. The van der Waals surface area contributed by atoms with Crippen molar-refractivity contribution in [2.45, 2.75) is 52.1 Å². The molecule has 0 spiro atoms. The topological polar surface area (TPSA) is 50.4 Å². The molecule has 0 aromatic carbocycles. The third-order valence-electron chi connectivity index (χ3n) is 3.49. The van der Waals surface area contributed by atoms with Gasteiger partial charge in [-0.1, -0.05) is 19.8 Å². The van der Waals surface area contributed by atoms with Gasteiger partial charge in [-0.25, -0.2) is 0 Å². The summed E-state index contributed by atoms with van der Waals surface area (Å²) >= 11 is 0. The van der Waals surface area contributed by atoms with E-state index in [4.69, 9.17) is 4.74 Å². The zero-order valence-electron chi connectivity index (χ0n) is 11.8. The van der Waals surface area contributed by atoms with Gasteiger partial charge in [0.1, 0.15) is 6.10 Å². The maximum absolute atomic E-state index is 11.7. The van der Waals surface area contributed by atoms with E-state index in [1.54, 1.807) is 0 Å².